The van der Waals surface area contributed by atoms with Gasteiger partial charge >= 0.3 is 0 Å². The second-order valence-electron chi connectivity index (χ2n) is 5.86. The normalized spacial score (nSPS) is 24.5. The number of rotatable bonds is 2. The summed E-state index contributed by atoms with van der Waals surface area (Å²) >= 11 is 1.70. The van der Waals surface area contributed by atoms with E-state index in [-0.39, 0.29) is 11.8 Å². The van der Waals surface area contributed by atoms with E-state index in [2.05, 4.69) is 10.3 Å². The van der Waals surface area contributed by atoms with Crippen LogP contribution in [0.2, 0.25) is 0 Å². The zero-order valence-corrected chi connectivity index (χ0v) is 12.2. The molecule has 1 aromatic heterocycles. The maximum absolute atomic E-state index is 12.4. The number of nitrogens with one attached hydrogen (secondary N) is 1. The van der Waals surface area contributed by atoms with Gasteiger partial charge in [-0.1, -0.05) is 25.7 Å². The number of carbonyl (C=O) groups is 1. The quantitative estimate of drug-likeness (QED) is 0.845. The molecule has 3 nitrogen and oxygen atoms in total. The van der Waals surface area contributed by atoms with Gasteiger partial charge in [0, 0.05) is 16.8 Å². The third-order valence-corrected chi connectivity index (χ3v) is 5.36. The van der Waals surface area contributed by atoms with E-state index in [0.29, 0.717) is 6.04 Å². The number of amides is 1. The van der Waals surface area contributed by atoms with Crippen LogP contribution >= 0.6 is 11.3 Å². The molecule has 104 valence electrons. The molecule has 0 aliphatic heterocycles. The molecule has 2 aliphatic rings. The lowest BCUT2D eigenvalue weighted by molar-refractivity contribution is -0.126. The van der Waals surface area contributed by atoms with Crippen LogP contribution in [0.5, 0.6) is 0 Å². The predicted molar refractivity (Wildman–Crippen MR) is 77.3 cm³/mol. The number of aryl methyl sites for hydroxylation is 1. The van der Waals surface area contributed by atoms with Gasteiger partial charge in [-0.3, -0.25) is 4.79 Å². The molecule has 0 aromatic carbocycles. The molecule has 1 fully saturated rings. The highest BCUT2D eigenvalue weighted by molar-refractivity contribution is 7.09. The van der Waals surface area contributed by atoms with Crippen LogP contribution in [0.15, 0.2) is 5.51 Å². The van der Waals surface area contributed by atoms with Crippen molar-refractivity contribution in [3.8, 4) is 0 Å². The fourth-order valence-corrected chi connectivity index (χ4v) is 4.16. The molecular formula is C15H22N2OS. The summed E-state index contributed by atoms with van der Waals surface area (Å²) < 4.78 is 0. The van der Waals surface area contributed by atoms with E-state index >= 15 is 0 Å². The molecule has 1 heterocycles. The Morgan fingerprint density at radius 1 is 1.21 bits per heavy atom. The van der Waals surface area contributed by atoms with E-state index in [1.165, 1.54) is 49.1 Å². The van der Waals surface area contributed by atoms with Crippen LogP contribution in [-0.2, 0) is 17.6 Å². The minimum atomic E-state index is 0.177. The van der Waals surface area contributed by atoms with E-state index in [9.17, 15) is 4.79 Å². The summed E-state index contributed by atoms with van der Waals surface area (Å²) in [6.45, 7) is 0. The first-order chi connectivity index (χ1) is 9.33. The number of thiazole rings is 1. The summed E-state index contributed by atoms with van der Waals surface area (Å²) in [5, 5.41) is 3.30. The van der Waals surface area contributed by atoms with Gasteiger partial charge in [0.1, 0.15) is 0 Å². The van der Waals surface area contributed by atoms with Gasteiger partial charge in [0.2, 0.25) is 5.91 Å². The smallest absolute Gasteiger partial charge is 0.223 e. The second kappa shape index (κ2) is 6.04. The molecule has 2 aliphatic carbocycles. The van der Waals surface area contributed by atoms with Crippen molar-refractivity contribution in [3.05, 3.63) is 16.1 Å². The summed E-state index contributed by atoms with van der Waals surface area (Å²) in [6, 6.07) is 0.429. The molecule has 1 atom stereocenters. The lowest BCUT2D eigenvalue weighted by Gasteiger charge is -2.24. The number of aromatic nitrogens is 1. The lowest BCUT2D eigenvalue weighted by Crippen LogP contribution is -2.40. The van der Waals surface area contributed by atoms with Crippen molar-refractivity contribution in [1.29, 1.82) is 0 Å². The van der Waals surface area contributed by atoms with Crippen molar-refractivity contribution in [1.82, 2.24) is 10.3 Å². The highest BCUT2D eigenvalue weighted by Crippen LogP contribution is 2.28. The van der Waals surface area contributed by atoms with Crippen LogP contribution in [0, 0.1) is 5.92 Å². The van der Waals surface area contributed by atoms with Crippen molar-refractivity contribution >= 4 is 17.2 Å². The number of carbonyl (C=O) groups excluding carboxylic acids is 1. The van der Waals surface area contributed by atoms with Crippen molar-refractivity contribution < 1.29 is 4.79 Å². The van der Waals surface area contributed by atoms with E-state index in [0.717, 1.165) is 19.3 Å². The first-order valence-corrected chi connectivity index (χ1v) is 8.42. The minimum Gasteiger partial charge on any atom is -0.353 e. The SMILES string of the molecule is O=C(NC1CCCCCC1)C1CCc2ncsc2C1. The highest BCUT2D eigenvalue weighted by Gasteiger charge is 2.27. The molecule has 0 spiro atoms. The van der Waals surface area contributed by atoms with Crippen molar-refractivity contribution in [2.45, 2.75) is 63.8 Å². The van der Waals surface area contributed by atoms with Crippen LogP contribution in [0.4, 0.5) is 0 Å². The molecule has 3 rings (SSSR count). The van der Waals surface area contributed by atoms with Gasteiger partial charge in [0.25, 0.3) is 0 Å². The summed E-state index contributed by atoms with van der Waals surface area (Å²) in [5.41, 5.74) is 3.14. The van der Waals surface area contributed by atoms with Crippen LogP contribution in [0.3, 0.4) is 0 Å². The van der Waals surface area contributed by atoms with Crippen molar-refractivity contribution in [2.24, 2.45) is 5.92 Å². The number of hydrogen-bond donors (Lipinski definition) is 1. The third-order valence-electron chi connectivity index (χ3n) is 4.46. The molecule has 1 amide bonds. The Morgan fingerprint density at radius 3 is 2.79 bits per heavy atom. The van der Waals surface area contributed by atoms with Gasteiger partial charge in [-0.2, -0.15) is 0 Å². The molecule has 0 radical (unpaired) electrons. The summed E-state index contributed by atoms with van der Waals surface area (Å²) in [5.74, 6) is 0.460. The van der Waals surface area contributed by atoms with Gasteiger partial charge < -0.3 is 5.32 Å². The summed E-state index contributed by atoms with van der Waals surface area (Å²) in [4.78, 5) is 18.1. The summed E-state index contributed by atoms with van der Waals surface area (Å²) in [6.07, 6.45) is 10.4. The molecule has 4 heteroatoms. The third kappa shape index (κ3) is 3.16. The monoisotopic (exact) mass is 278 g/mol. The lowest BCUT2D eigenvalue weighted by atomic mass is 9.90. The van der Waals surface area contributed by atoms with Crippen molar-refractivity contribution in [3.63, 3.8) is 0 Å². The molecule has 1 aromatic rings. The fourth-order valence-electron chi connectivity index (χ4n) is 3.27. The molecule has 0 bridgehead atoms. The molecule has 0 saturated heterocycles. The van der Waals surface area contributed by atoms with E-state index in [1.807, 2.05) is 5.51 Å². The van der Waals surface area contributed by atoms with Crippen LogP contribution in [0.25, 0.3) is 0 Å². The average molecular weight is 278 g/mol. The molecule has 1 saturated carbocycles. The Morgan fingerprint density at radius 2 is 2.00 bits per heavy atom. The first kappa shape index (κ1) is 13.1. The number of hydrogen-bond acceptors (Lipinski definition) is 3. The van der Waals surface area contributed by atoms with E-state index in [4.69, 9.17) is 0 Å². The number of fused-ring (bicyclic) bond motifs is 1. The largest absolute Gasteiger partial charge is 0.353 e. The topological polar surface area (TPSA) is 42.0 Å². The van der Waals surface area contributed by atoms with Gasteiger partial charge in [-0.15, -0.1) is 11.3 Å². The Bertz CT molecular complexity index is 435. The van der Waals surface area contributed by atoms with Gasteiger partial charge in [0.05, 0.1) is 11.2 Å². The van der Waals surface area contributed by atoms with Gasteiger partial charge in [-0.05, 0) is 32.1 Å². The standard InChI is InChI=1S/C15H22N2OS/c18-15(17-12-5-3-1-2-4-6-12)11-7-8-13-14(9-11)19-10-16-13/h10-12H,1-9H2,(H,17,18). The summed E-state index contributed by atoms with van der Waals surface area (Å²) in [7, 11) is 0. The molecule has 1 N–H and O–H groups in total. The fraction of sp³-hybridized carbons (Fsp3) is 0.733. The van der Waals surface area contributed by atoms with Crippen LogP contribution in [-0.4, -0.2) is 16.9 Å². The zero-order chi connectivity index (χ0) is 13.1. The highest BCUT2D eigenvalue weighted by atomic mass is 32.1. The second-order valence-corrected chi connectivity index (χ2v) is 6.80. The Hall–Kier alpha value is -0.900. The minimum absolute atomic E-state index is 0.177. The van der Waals surface area contributed by atoms with Crippen LogP contribution < -0.4 is 5.32 Å². The molecular weight excluding hydrogens is 256 g/mol. The Labute approximate surface area is 118 Å². The zero-order valence-electron chi connectivity index (χ0n) is 11.4. The maximum atomic E-state index is 12.4. The van der Waals surface area contributed by atoms with Gasteiger partial charge in [-0.25, -0.2) is 4.98 Å². The molecule has 19 heavy (non-hydrogen) atoms. The van der Waals surface area contributed by atoms with Crippen molar-refractivity contribution in [2.75, 3.05) is 0 Å². The molecule has 1 unspecified atom stereocenters. The maximum Gasteiger partial charge on any atom is 0.223 e. The van der Waals surface area contributed by atoms with Crippen LogP contribution in [0.1, 0.15) is 55.5 Å². The Kier molecular flexibility index (Phi) is 4.16. The number of nitrogens with zero attached hydrogens (tertiary/aromatic N) is 1. The average Bonchev–Trinajstić information content (AvgIpc) is 2.75. The first-order valence-electron chi connectivity index (χ1n) is 7.54. The Balaban J connectivity index is 1.56. The predicted octanol–water partition coefficient (Wildman–Crippen LogP) is 3.09. The van der Waals surface area contributed by atoms with Gasteiger partial charge in [0.15, 0.2) is 0 Å². The van der Waals surface area contributed by atoms with E-state index in [1.54, 1.807) is 11.3 Å². The van der Waals surface area contributed by atoms with E-state index < -0.39 is 0 Å².